The van der Waals surface area contributed by atoms with E-state index in [0.29, 0.717) is 6.54 Å². The second-order valence-corrected chi connectivity index (χ2v) is 9.19. The van der Waals surface area contributed by atoms with Crippen molar-refractivity contribution in [1.82, 2.24) is 0 Å². The highest BCUT2D eigenvalue weighted by Gasteiger charge is 2.23. The molecule has 0 saturated carbocycles. The third kappa shape index (κ3) is 14.8. The predicted molar refractivity (Wildman–Crippen MR) is 122 cm³/mol. The quantitative estimate of drug-likeness (QED) is 0.225. The molecule has 0 bridgehead atoms. The first-order chi connectivity index (χ1) is 13.8. The zero-order chi connectivity index (χ0) is 20.3. The average molecular weight is 398 g/mol. The van der Waals surface area contributed by atoms with Gasteiger partial charge in [0.05, 0.1) is 18.8 Å². The maximum atomic E-state index is 5.81. The standard InChI is InChI=1S/C25H51NO2/c1-3-4-5-6-7-8-9-10-11-12-13-16-23(2)17-14-15-20-27-22-25-19-18-24(21-26)28-25/h23-25H,3-22,26H2,1-2H3/t23?,24-,25-/m0/s1. The fourth-order valence-corrected chi connectivity index (χ4v) is 4.29. The van der Waals surface area contributed by atoms with E-state index in [1.165, 1.54) is 96.3 Å². The molecular formula is C25H51NO2. The van der Waals surface area contributed by atoms with Crippen molar-refractivity contribution < 1.29 is 9.47 Å². The summed E-state index contributed by atoms with van der Waals surface area (Å²) < 4.78 is 11.6. The molecule has 28 heavy (non-hydrogen) atoms. The van der Waals surface area contributed by atoms with Gasteiger partial charge in [0.1, 0.15) is 0 Å². The van der Waals surface area contributed by atoms with Crippen molar-refractivity contribution >= 4 is 0 Å². The highest BCUT2D eigenvalue weighted by molar-refractivity contribution is 4.73. The van der Waals surface area contributed by atoms with Crippen LogP contribution in [0.3, 0.4) is 0 Å². The van der Waals surface area contributed by atoms with Gasteiger partial charge in [0, 0.05) is 13.2 Å². The van der Waals surface area contributed by atoms with Gasteiger partial charge in [0.15, 0.2) is 0 Å². The second kappa shape index (κ2) is 18.9. The van der Waals surface area contributed by atoms with Gasteiger partial charge in [-0.1, -0.05) is 104 Å². The topological polar surface area (TPSA) is 44.5 Å². The minimum atomic E-state index is 0.269. The summed E-state index contributed by atoms with van der Waals surface area (Å²) in [6, 6.07) is 0. The highest BCUT2D eigenvalue weighted by atomic mass is 16.5. The molecule has 0 aliphatic carbocycles. The number of hydrogen-bond acceptors (Lipinski definition) is 3. The molecule has 3 nitrogen and oxygen atoms in total. The van der Waals surface area contributed by atoms with Gasteiger partial charge >= 0.3 is 0 Å². The summed E-state index contributed by atoms with van der Waals surface area (Å²) in [7, 11) is 0. The van der Waals surface area contributed by atoms with Crippen LogP contribution in [0.5, 0.6) is 0 Å². The van der Waals surface area contributed by atoms with Crippen molar-refractivity contribution in [3.8, 4) is 0 Å². The van der Waals surface area contributed by atoms with E-state index in [4.69, 9.17) is 15.2 Å². The van der Waals surface area contributed by atoms with E-state index in [-0.39, 0.29) is 12.2 Å². The highest BCUT2D eigenvalue weighted by Crippen LogP contribution is 2.20. The average Bonchev–Trinajstić information content (AvgIpc) is 3.16. The molecule has 1 unspecified atom stereocenters. The molecule has 0 aromatic heterocycles. The predicted octanol–water partition coefficient (Wildman–Crippen LogP) is 7.02. The largest absolute Gasteiger partial charge is 0.379 e. The molecule has 1 heterocycles. The van der Waals surface area contributed by atoms with Gasteiger partial charge < -0.3 is 15.2 Å². The third-order valence-electron chi connectivity index (χ3n) is 6.30. The first kappa shape index (κ1) is 25.9. The molecule has 1 aliphatic rings. The molecule has 1 aliphatic heterocycles. The number of hydrogen-bond donors (Lipinski definition) is 1. The van der Waals surface area contributed by atoms with Gasteiger partial charge in [-0.15, -0.1) is 0 Å². The first-order valence-corrected chi connectivity index (χ1v) is 12.7. The zero-order valence-corrected chi connectivity index (χ0v) is 19.3. The summed E-state index contributed by atoms with van der Waals surface area (Å²) in [5.41, 5.74) is 5.64. The maximum Gasteiger partial charge on any atom is 0.0813 e. The Bertz CT molecular complexity index is 324. The molecule has 1 rings (SSSR count). The van der Waals surface area contributed by atoms with E-state index < -0.39 is 0 Å². The van der Waals surface area contributed by atoms with Gasteiger partial charge in [-0.2, -0.15) is 0 Å². The third-order valence-corrected chi connectivity index (χ3v) is 6.30. The van der Waals surface area contributed by atoms with Crippen molar-refractivity contribution in [2.45, 2.75) is 135 Å². The smallest absolute Gasteiger partial charge is 0.0813 e. The Morgan fingerprint density at radius 2 is 1.32 bits per heavy atom. The Labute approximate surface area is 176 Å². The SMILES string of the molecule is CCCCCCCCCCCCCC(C)CCCCOC[C@@H]1CC[C@@H](CN)O1. The lowest BCUT2D eigenvalue weighted by molar-refractivity contribution is -0.0127. The summed E-state index contributed by atoms with van der Waals surface area (Å²) in [5, 5.41) is 0. The Morgan fingerprint density at radius 1 is 0.786 bits per heavy atom. The second-order valence-electron chi connectivity index (χ2n) is 9.19. The molecule has 0 amide bonds. The molecule has 3 atom stereocenters. The molecule has 1 fully saturated rings. The Kier molecular flexibility index (Phi) is 17.5. The van der Waals surface area contributed by atoms with Crippen LogP contribution in [0.15, 0.2) is 0 Å². The van der Waals surface area contributed by atoms with Gasteiger partial charge in [-0.05, 0) is 25.2 Å². The maximum absolute atomic E-state index is 5.81. The van der Waals surface area contributed by atoms with Crippen molar-refractivity contribution in [3.63, 3.8) is 0 Å². The van der Waals surface area contributed by atoms with E-state index in [1.807, 2.05) is 0 Å². The van der Waals surface area contributed by atoms with Crippen LogP contribution in [0, 0.1) is 5.92 Å². The molecule has 2 N–H and O–H groups in total. The fourth-order valence-electron chi connectivity index (χ4n) is 4.29. The van der Waals surface area contributed by atoms with Crippen LogP contribution in [0.1, 0.15) is 123 Å². The van der Waals surface area contributed by atoms with Gasteiger partial charge in [-0.25, -0.2) is 0 Å². The Balaban J connectivity index is 1.75. The molecule has 168 valence electrons. The lowest BCUT2D eigenvalue weighted by Crippen LogP contribution is -2.22. The summed E-state index contributed by atoms with van der Waals surface area (Å²) in [4.78, 5) is 0. The molecule has 1 saturated heterocycles. The lowest BCUT2D eigenvalue weighted by Gasteiger charge is -2.13. The molecule has 3 heteroatoms. The summed E-state index contributed by atoms with van der Waals surface area (Å²) in [6.07, 6.45) is 23.9. The van der Waals surface area contributed by atoms with Crippen LogP contribution in [-0.2, 0) is 9.47 Å². The van der Waals surface area contributed by atoms with Gasteiger partial charge in [0.2, 0.25) is 0 Å². The minimum absolute atomic E-state index is 0.269. The first-order valence-electron chi connectivity index (χ1n) is 12.7. The molecule has 0 radical (unpaired) electrons. The summed E-state index contributed by atoms with van der Waals surface area (Å²) >= 11 is 0. The minimum Gasteiger partial charge on any atom is -0.379 e. The monoisotopic (exact) mass is 397 g/mol. The summed E-state index contributed by atoms with van der Waals surface area (Å²) in [6.45, 7) is 7.01. The number of ether oxygens (including phenoxy) is 2. The van der Waals surface area contributed by atoms with Crippen molar-refractivity contribution in [1.29, 1.82) is 0 Å². The lowest BCUT2D eigenvalue weighted by atomic mass is 9.96. The molecule has 0 aromatic carbocycles. The van der Waals surface area contributed by atoms with Crippen LogP contribution in [-0.4, -0.2) is 32.0 Å². The van der Waals surface area contributed by atoms with Crippen LogP contribution in [0.25, 0.3) is 0 Å². The fraction of sp³-hybridized carbons (Fsp3) is 1.00. The Hall–Kier alpha value is -0.120. The molecule has 0 spiro atoms. The normalized spacial score (nSPS) is 20.7. The van der Waals surface area contributed by atoms with Crippen LogP contribution in [0.2, 0.25) is 0 Å². The van der Waals surface area contributed by atoms with Crippen LogP contribution in [0.4, 0.5) is 0 Å². The van der Waals surface area contributed by atoms with Gasteiger partial charge in [-0.3, -0.25) is 0 Å². The number of nitrogens with two attached hydrogens (primary N) is 1. The van der Waals surface area contributed by atoms with Gasteiger partial charge in [0.25, 0.3) is 0 Å². The van der Waals surface area contributed by atoms with Crippen LogP contribution < -0.4 is 5.73 Å². The molecular weight excluding hydrogens is 346 g/mol. The van der Waals surface area contributed by atoms with Crippen LogP contribution >= 0.6 is 0 Å². The van der Waals surface area contributed by atoms with E-state index in [9.17, 15) is 0 Å². The van der Waals surface area contributed by atoms with Crippen molar-refractivity contribution in [2.75, 3.05) is 19.8 Å². The van der Waals surface area contributed by atoms with E-state index in [0.717, 1.165) is 32.0 Å². The Morgan fingerprint density at radius 3 is 1.89 bits per heavy atom. The van der Waals surface area contributed by atoms with E-state index in [1.54, 1.807) is 0 Å². The van der Waals surface area contributed by atoms with E-state index in [2.05, 4.69) is 13.8 Å². The van der Waals surface area contributed by atoms with Crippen molar-refractivity contribution in [3.05, 3.63) is 0 Å². The van der Waals surface area contributed by atoms with Crippen molar-refractivity contribution in [2.24, 2.45) is 11.7 Å². The number of unbranched alkanes of at least 4 members (excludes halogenated alkanes) is 11. The number of rotatable bonds is 20. The zero-order valence-electron chi connectivity index (χ0n) is 19.3. The molecule has 0 aromatic rings. The summed E-state index contributed by atoms with van der Waals surface area (Å²) in [5.74, 6) is 0.877. The van der Waals surface area contributed by atoms with E-state index >= 15 is 0 Å².